The Kier molecular flexibility index (Phi) is 4.33. The molecular formula is C13H13ClN2OS. The van der Waals surface area contributed by atoms with E-state index >= 15 is 0 Å². The highest BCUT2D eigenvalue weighted by atomic mass is 35.5. The van der Waals surface area contributed by atoms with Gasteiger partial charge in [-0.3, -0.25) is 0 Å². The minimum Gasteiger partial charge on any atom is -0.496 e. The van der Waals surface area contributed by atoms with Crippen LogP contribution < -0.4 is 10.5 Å². The number of nitrogens with two attached hydrogens (primary N) is 1. The van der Waals surface area contributed by atoms with Crippen LogP contribution in [0.15, 0.2) is 41.6 Å². The van der Waals surface area contributed by atoms with Crippen LogP contribution in [0.5, 0.6) is 5.75 Å². The minimum absolute atomic E-state index is 0.658. The summed E-state index contributed by atoms with van der Waals surface area (Å²) in [7, 11) is 1.65. The lowest BCUT2D eigenvalue weighted by atomic mass is 10.2. The van der Waals surface area contributed by atoms with Crippen LogP contribution in [0, 0.1) is 0 Å². The van der Waals surface area contributed by atoms with Crippen molar-refractivity contribution in [2.24, 2.45) is 0 Å². The number of halogens is 1. The van der Waals surface area contributed by atoms with Gasteiger partial charge in [0.2, 0.25) is 0 Å². The number of methoxy groups -OCH3 is 1. The first kappa shape index (κ1) is 13.1. The molecule has 0 saturated carbocycles. The molecule has 0 fully saturated rings. The number of hydrogen-bond donors (Lipinski definition) is 1. The largest absolute Gasteiger partial charge is 0.496 e. The number of aromatic nitrogens is 1. The Morgan fingerprint density at radius 1 is 1.39 bits per heavy atom. The van der Waals surface area contributed by atoms with Gasteiger partial charge in [-0.2, -0.15) is 0 Å². The zero-order valence-corrected chi connectivity index (χ0v) is 11.5. The van der Waals surface area contributed by atoms with Gasteiger partial charge in [0.05, 0.1) is 12.1 Å². The summed E-state index contributed by atoms with van der Waals surface area (Å²) in [5.41, 5.74) is 7.53. The van der Waals surface area contributed by atoms with Crippen LogP contribution in [0.2, 0.25) is 5.02 Å². The molecule has 0 aliphatic rings. The number of hydrogen-bond acceptors (Lipinski definition) is 4. The molecule has 0 bridgehead atoms. The number of nitrogen functional groups attached to an aromatic ring is 1. The molecule has 94 valence electrons. The first-order valence-electron chi connectivity index (χ1n) is 5.36. The molecule has 5 heteroatoms. The van der Waals surface area contributed by atoms with E-state index in [1.165, 1.54) is 0 Å². The summed E-state index contributed by atoms with van der Waals surface area (Å²) in [6.45, 7) is 0. The number of anilines is 1. The lowest BCUT2D eigenvalue weighted by Crippen LogP contribution is -1.93. The van der Waals surface area contributed by atoms with Crippen molar-refractivity contribution in [1.29, 1.82) is 0 Å². The molecule has 18 heavy (non-hydrogen) atoms. The Morgan fingerprint density at radius 3 is 2.94 bits per heavy atom. The lowest BCUT2D eigenvalue weighted by Gasteiger charge is -2.09. The molecule has 0 aliphatic heterocycles. The maximum absolute atomic E-state index is 6.06. The molecule has 0 unspecified atom stereocenters. The van der Waals surface area contributed by atoms with E-state index in [1.807, 2.05) is 30.3 Å². The Hall–Kier alpha value is -1.39. The summed E-state index contributed by atoms with van der Waals surface area (Å²) < 4.78 is 5.30. The first-order chi connectivity index (χ1) is 8.70. The molecule has 1 heterocycles. The van der Waals surface area contributed by atoms with Gasteiger partial charge < -0.3 is 10.5 Å². The van der Waals surface area contributed by atoms with Crippen LogP contribution in [-0.2, 0) is 5.75 Å². The standard InChI is InChI=1S/C13H13ClN2OS/c1-17-12-5-4-10(15)7-9(12)8-18-13-11(14)3-2-6-16-13/h2-7H,8,15H2,1H3. The lowest BCUT2D eigenvalue weighted by molar-refractivity contribution is 0.411. The quantitative estimate of drug-likeness (QED) is 0.686. The van der Waals surface area contributed by atoms with Crippen LogP contribution in [-0.4, -0.2) is 12.1 Å². The van der Waals surface area contributed by atoms with Crippen molar-refractivity contribution in [1.82, 2.24) is 4.98 Å². The molecule has 2 rings (SSSR count). The fourth-order valence-corrected chi connectivity index (χ4v) is 2.68. The van der Waals surface area contributed by atoms with Crippen molar-refractivity contribution in [3.05, 3.63) is 47.1 Å². The summed E-state index contributed by atoms with van der Waals surface area (Å²) in [6.07, 6.45) is 1.73. The number of benzene rings is 1. The number of ether oxygens (including phenoxy) is 1. The Labute approximate surface area is 115 Å². The number of pyridine rings is 1. The van der Waals surface area contributed by atoms with Gasteiger partial charge in [0, 0.05) is 23.2 Å². The van der Waals surface area contributed by atoms with Crippen LogP contribution in [0.3, 0.4) is 0 Å². The van der Waals surface area contributed by atoms with E-state index in [-0.39, 0.29) is 0 Å². The Balaban J connectivity index is 2.15. The maximum Gasteiger partial charge on any atom is 0.123 e. The van der Waals surface area contributed by atoms with E-state index in [9.17, 15) is 0 Å². The summed E-state index contributed by atoms with van der Waals surface area (Å²) in [4.78, 5) is 4.23. The fraction of sp³-hybridized carbons (Fsp3) is 0.154. The van der Waals surface area contributed by atoms with Crippen LogP contribution in [0.1, 0.15) is 5.56 Å². The summed E-state index contributed by atoms with van der Waals surface area (Å²) in [6, 6.07) is 9.23. The van der Waals surface area contributed by atoms with E-state index in [2.05, 4.69) is 4.98 Å². The van der Waals surface area contributed by atoms with Crippen molar-refractivity contribution in [2.75, 3.05) is 12.8 Å². The van der Waals surface area contributed by atoms with Gasteiger partial charge in [-0.05, 0) is 30.3 Å². The van der Waals surface area contributed by atoms with E-state index in [1.54, 1.807) is 25.1 Å². The van der Waals surface area contributed by atoms with Crippen molar-refractivity contribution >= 4 is 29.1 Å². The Bertz CT molecular complexity index is 548. The zero-order valence-electron chi connectivity index (χ0n) is 9.89. The monoisotopic (exact) mass is 280 g/mol. The first-order valence-corrected chi connectivity index (χ1v) is 6.73. The van der Waals surface area contributed by atoms with Crippen molar-refractivity contribution in [2.45, 2.75) is 10.8 Å². The highest BCUT2D eigenvalue weighted by molar-refractivity contribution is 7.98. The van der Waals surface area contributed by atoms with Crippen LogP contribution >= 0.6 is 23.4 Å². The smallest absolute Gasteiger partial charge is 0.123 e. The summed E-state index contributed by atoms with van der Waals surface area (Å²) >= 11 is 7.62. The van der Waals surface area contributed by atoms with Crippen LogP contribution in [0.4, 0.5) is 5.69 Å². The predicted octanol–water partition coefficient (Wildman–Crippen LogP) is 3.62. The number of rotatable bonds is 4. The normalized spacial score (nSPS) is 10.3. The minimum atomic E-state index is 0.658. The van der Waals surface area contributed by atoms with Gasteiger partial charge >= 0.3 is 0 Å². The fourth-order valence-electron chi connectivity index (χ4n) is 1.53. The van der Waals surface area contributed by atoms with Crippen molar-refractivity contribution in [3.8, 4) is 5.75 Å². The SMILES string of the molecule is COc1ccc(N)cc1CSc1ncccc1Cl. The molecule has 1 aromatic carbocycles. The molecule has 2 aromatic rings. The molecule has 0 spiro atoms. The van der Waals surface area contributed by atoms with Gasteiger partial charge in [0.15, 0.2) is 0 Å². The van der Waals surface area contributed by atoms with E-state index < -0.39 is 0 Å². The molecule has 0 atom stereocenters. The van der Waals surface area contributed by atoms with Gasteiger partial charge in [-0.15, -0.1) is 11.8 Å². The highest BCUT2D eigenvalue weighted by Crippen LogP contribution is 2.31. The number of thioether (sulfide) groups is 1. The van der Waals surface area contributed by atoms with Crippen LogP contribution in [0.25, 0.3) is 0 Å². The van der Waals surface area contributed by atoms with Crippen molar-refractivity contribution in [3.63, 3.8) is 0 Å². The Morgan fingerprint density at radius 2 is 2.22 bits per heavy atom. The highest BCUT2D eigenvalue weighted by Gasteiger charge is 2.07. The zero-order chi connectivity index (χ0) is 13.0. The molecule has 3 nitrogen and oxygen atoms in total. The van der Waals surface area contributed by atoms with E-state index in [0.717, 1.165) is 22.0 Å². The van der Waals surface area contributed by atoms with Gasteiger partial charge in [0.1, 0.15) is 10.8 Å². The number of nitrogens with zero attached hydrogens (tertiary/aromatic N) is 1. The summed E-state index contributed by atoms with van der Waals surface area (Å²) in [5, 5.41) is 1.47. The molecule has 0 aliphatic carbocycles. The van der Waals surface area contributed by atoms with E-state index in [4.69, 9.17) is 22.1 Å². The molecule has 0 radical (unpaired) electrons. The summed E-state index contributed by atoms with van der Waals surface area (Å²) in [5.74, 6) is 1.54. The van der Waals surface area contributed by atoms with E-state index in [0.29, 0.717) is 10.8 Å². The second-order valence-electron chi connectivity index (χ2n) is 3.65. The second-order valence-corrected chi connectivity index (χ2v) is 5.02. The second kappa shape index (κ2) is 5.98. The third kappa shape index (κ3) is 3.09. The third-order valence-electron chi connectivity index (χ3n) is 2.39. The third-order valence-corrected chi connectivity index (χ3v) is 3.86. The van der Waals surface area contributed by atoms with Gasteiger partial charge in [0.25, 0.3) is 0 Å². The molecule has 0 amide bonds. The average Bonchev–Trinajstić information content (AvgIpc) is 2.38. The average molecular weight is 281 g/mol. The molecule has 2 N–H and O–H groups in total. The van der Waals surface area contributed by atoms with Crippen molar-refractivity contribution < 1.29 is 4.74 Å². The van der Waals surface area contributed by atoms with Gasteiger partial charge in [-0.1, -0.05) is 11.6 Å². The molecular weight excluding hydrogens is 268 g/mol. The predicted molar refractivity (Wildman–Crippen MR) is 76.2 cm³/mol. The topological polar surface area (TPSA) is 48.1 Å². The maximum atomic E-state index is 6.06. The van der Waals surface area contributed by atoms with Gasteiger partial charge in [-0.25, -0.2) is 4.98 Å². The molecule has 0 saturated heterocycles. The molecule has 1 aromatic heterocycles.